The van der Waals surface area contributed by atoms with Crippen molar-refractivity contribution in [1.29, 1.82) is 0 Å². The summed E-state index contributed by atoms with van der Waals surface area (Å²) >= 11 is 1.82. The summed E-state index contributed by atoms with van der Waals surface area (Å²) in [5.74, 6) is 1.60. The number of fused-ring (bicyclic) bond motifs is 3. The number of aromatic amines is 1. The number of ether oxygens (including phenoxy) is 3. The molecule has 0 spiro atoms. The monoisotopic (exact) mass is 650 g/mol. The summed E-state index contributed by atoms with van der Waals surface area (Å²) in [4.78, 5) is 19.5. The Morgan fingerprint density at radius 3 is 2.47 bits per heavy atom. The number of benzene rings is 3. The van der Waals surface area contributed by atoms with E-state index in [0.29, 0.717) is 13.2 Å². The standard InChI is InChI=1S/C38H42N4O4S/c43-37-14-10-28-8-12-30(26-33(28)39-37)44-22-3-4-23-45-31-13-9-29-11-15-38(40-34(29)27-31)46-24-2-1-17-41-18-20-42(21-19-41)35-6-5-7-36-32(35)16-25-47-36/h5-16,25-27,38,40H,1-4,17-24H2,(H,39,43). The van der Waals surface area contributed by atoms with Crippen molar-refractivity contribution < 1.29 is 14.2 Å². The topological polar surface area (TPSA) is 79.1 Å². The summed E-state index contributed by atoms with van der Waals surface area (Å²) < 4.78 is 19.5. The van der Waals surface area contributed by atoms with E-state index < -0.39 is 0 Å². The number of aromatic nitrogens is 1. The number of hydrogen-bond donors (Lipinski definition) is 2. The van der Waals surface area contributed by atoms with Crippen LogP contribution in [0, 0.1) is 0 Å². The van der Waals surface area contributed by atoms with Gasteiger partial charge in [-0.2, -0.15) is 0 Å². The Kier molecular flexibility index (Phi) is 10.0. The third-order valence-electron chi connectivity index (χ3n) is 8.90. The van der Waals surface area contributed by atoms with Crippen LogP contribution in [-0.4, -0.2) is 68.7 Å². The highest BCUT2D eigenvalue weighted by Crippen LogP contribution is 2.31. The highest BCUT2D eigenvalue weighted by Gasteiger charge is 2.19. The number of anilines is 2. The average molecular weight is 651 g/mol. The Balaban J connectivity index is 0.769. The van der Waals surface area contributed by atoms with Gasteiger partial charge in [0.15, 0.2) is 0 Å². The highest BCUT2D eigenvalue weighted by atomic mass is 32.1. The molecule has 8 nitrogen and oxygen atoms in total. The van der Waals surface area contributed by atoms with E-state index in [1.54, 1.807) is 0 Å². The zero-order valence-electron chi connectivity index (χ0n) is 26.7. The van der Waals surface area contributed by atoms with Crippen molar-refractivity contribution in [2.45, 2.75) is 31.9 Å². The quantitative estimate of drug-likeness (QED) is 0.122. The predicted molar refractivity (Wildman–Crippen MR) is 193 cm³/mol. The van der Waals surface area contributed by atoms with E-state index in [9.17, 15) is 4.79 Å². The molecule has 5 aromatic rings. The van der Waals surface area contributed by atoms with E-state index in [0.717, 1.165) is 98.7 Å². The van der Waals surface area contributed by atoms with E-state index in [1.807, 2.05) is 41.7 Å². The summed E-state index contributed by atoms with van der Waals surface area (Å²) in [6.07, 6.45) is 8.00. The van der Waals surface area contributed by atoms with Crippen LogP contribution in [0.2, 0.25) is 0 Å². The van der Waals surface area contributed by atoms with Crippen molar-refractivity contribution in [3.8, 4) is 11.5 Å². The van der Waals surface area contributed by atoms with Gasteiger partial charge in [-0.1, -0.05) is 12.1 Å². The molecular formula is C38H42N4O4S. The molecule has 0 radical (unpaired) electrons. The Bertz CT molecular complexity index is 1880. The molecule has 2 N–H and O–H groups in total. The fraction of sp³-hybridized carbons (Fsp3) is 0.342. The molecule has 0 saturated carbocycles. The van der Waals surface area contributed by atoms with Gasteiger partial charge < -0.3 is 29.4 Å². The second kappa shape index (κ2) is 15.1. The third kappa shape index (κ3) is 7.99. The highest BCUT2D eigenvalue weighted by molar-refractivity contribution is 7.17. The molecule has 47 heavy (non-hydrogen) atoms. The van der Waals surface area contributed by atoms with Gasteiger partial charge in [0.05, 0.1) is 18.7 Å². The number of unbranched alkanes of at least 4 members (excludes halogenated alkanes) is 2. The summed E-state index contributed by atoms with van der Waals surface area (Å²) in [7, 11) is 0. The van der Waals surface area contributed by atoms with Crippen LogP contribution in [0.15, 0.2) is 89.0 Å². The molecule has 1 fully saturated rings. The Morgan fingerprint density at radius 2 is 1.60 bits per heavy atom. The van der Waals surface area contributed by atoms with Crippen LogP contribution in [0.1, 0.15) is 31.2 Å². The molecule has 3 aromatic carbocycles. The van der Waals surface area contributed by atoms with Crippen LogP contribution in [0.25, 0.3) is 27.1 Å². The van der Waals surface area contributed by atoms with Gasteiger partial charge in [-0.3, -0.25) is 9.69 Å². The molecule has 0 amide bonds. The van der Waals surface area contributed by atoms with Crippen molar-refractivity contribution >= 4 is 49.8 Å². The van der Waals surface area contributed by atoms with Crippen LogP contribution in [0.3, 0.4) is 0 Å². The van der Waals surface area contributed by atoms with Gasteiger partial charge in [-0.15, -0.1) is 11.3 Å². The fourth-order valence-corrected chi connectivity index (χ4v) is 7.11. The second-order valence-corrected chi connectivity index (χ2v) is 13.1. The van der Waals surface area contributed by atoms with Crippen LogP contribution >= 0.6 is 11.3 Å². The van der Waals surface area contributed by atoms with Crippen LogP contribution in [0.4, 0.5) is 11.4 Å². The van der Waals surface area contributed by atoms with Crippen LogP contribution in [0.5, 0.6) is 11.5 Å². The van der Waals surface area contributed by atoms with Crippen molar-refractivity contribution in [3.05, 3.63) is 100 Å². The number of nitrogens with zero attached hydrogens (tertiary/aromatic N) is 2. The lowest BCUT2D eigenvalue weighted by atomic mass is 10.1. The van der Waals surface area contributed by atoms with Gasteiger partial charge in [0.1, 0.15) is 17.7 Å². The van der Waals surface area contributed by atoms with E-state index in [4.69, 9.17) is 14.2 Å². The number of nitrogens with one attached hydrogen (secondary N) is 2. The number of pyridine rings is 1. The molecule has 0 aliphatic carbocycles. The number of thiophene rings is 1. The van der Waals surface area contributed by atoms with E-state index in [2.05, 4.69) is 74.0 Å². The number of piperazine rings is 1. The molecule has 7 rings (SSSR count). The van der Waals surface area contributed by atoms with Crippen molar-refractivity contribution in [3.63, 3.8) is 0 Å². The SMILES string of the molecule is O=c1ccc2ccc(OCCCCOc3ccc4c(c3)NC(OCCCCN3CCN(c5cccc6sccc56)CC3)C=C4)cc2[nH]1. The first-order chi connectivity index (χ1) is 23.2. The molecule has 2 aliphatic rings. The van der Waals surface area contributed by atoms with Gasteiger partial charge in [0, 0.05) is 72.4 Å². The lowest BCUT2D eigenvalue weighted by Gasteiger charge is -2.36. The summed E-state index contributed by atoms with van der Waals surface area (Å²) in [5.41, 5.74) is 4.22. The Morgan fingerprint density at radius 1 is 0.809 bits per heavy atom. The summed E-state index contributed by atoms with van der Waals surface area (Å²) in [6.45, 7) is 7.43. The fourth-order valence-electron chi connectivity index (χ4n) is 6.30. The molecule has 9 heteroatoms. The number of hydrogen-bond acceptors (Lipinski definition) is 8. The van der Waals surface area contributed by atoms with E-state index >= 15 is 0 Å². The van der Waals surface area contributed by atoms with Crippen molar-refractivity contribution in [1.82, 2.24) is 9.88 Å². The Labute approximate surface area is 279 Å². The zero-order chi connectivity index (χ0) is 31.8. The maximum Gasteiger partial charge on any atom is 0.248 e. The van der Waals surface area contributed by atoms with Crippen LogP contribution in [-0.2, 0) is 4.74 Å². The second-order valence-electron chi connectivity index (χ2n) is 12.2. The first-order valence-corrected chi connectivity index (χ1v) is 17.6. The maximum atomic E-state index is 11.6. The average Bonchev–Trinajstić information content (AvgIpc) is 3.59. The Hall–Kier alpha value is -4.31. The molecule has 1 saturated heterocycles. The third-order valence-corrected chi connectivity index (χ3v) is 9.78. The zero-order valence-corrected chi connectivity index (χ0v) is 27.5. The summed E-state index contributed by atoms with van der Waals surface area (Å²) in [6, 6.07) is 24.2. The molecule has 1 atom stereocenters. The minimum atomic E-state index is -0.133. The number of rotatable bonds is 14. The first kappa shape index (κ1) is 31.3. The van der Waals surface area contributed by atoms with E-state index in [-0.39, 0.29) is 11.8 Å². The lowest BCUT2D eigenvalue weighted by molar-refractivity contribution is 0.0970. The van der Waals surface area contributed by atoms with Crippen molar-refractivity contribution in [2.24, 2.45) is 0 Å². The minimum absolute atomic E-state index is 0.113. The largest absolute Gasteiger partial charge is 0.494 e. The smallest absolute Gasteiger partial charge is 0.248 e. The predicted octanol–water partition coefficient (Wildman–Crippen LogP) is 7.36. The maximum absolute atomic E-state index is 11.6. The molecule has 0 bridgehead atoms. The first-order valence-electron chi connectivity index (χ1n) is 16.7. The van der Waals surface area contributed by atoms with Crippen molar-refractivity contribution in [2.75, 3.05) is 62.8 Å². The normalized spacial score (nSPS) is 16.3. The molecule has 244 valence electrons. The van der Waals surface area contributed by atoms with E-state index in [1.165, 1.54) is 21.8 Å². The van der Waals surface area contributed by atoms with Gasteiger partial charge in [-0.25, -0.2) is 0 Å². The lowest BCUT2D eigenvalue weighted by Crippen LogP contribution is -2.46. The molecule has 2 aliphatic heterocycles. The van der Waals surface area contributed by atoms with Gasteiger partial charge in [-0.05, 0) is 103 Å². The number of H-pyrrole nitrogens is 1. The molecule has 2 aromatic heterocycles. The molecular weight excluding hydrogens is 609 g/mol. The summed E-state index contributed by atoms with van der Waals surface area (Å²) in [5, 5.41) is 8.07. The molecule has 1 unspecified atom stereocenters. The minimum Gasteiger partial charge on any atom is -0.494 e. The van der Waals surface area contributed by atoms with Gasteiger partial charge in [0.2, 0.25) is 5.56 Å². The van der Waals surface area contributed by atoms with Gasteiger partial charge in [0.25, 0.3) is 0 Å². The van der Waals surface area contributed by atoms with Crippen LogP contribution < -0.4 is 25.2 Å². The molecule has 4 heterocycles. The van der Waals surface area contributed by atoms with Gasteiger partial charge >= 0.3 is 0 Å².